The second kappa shape index (κ2) is 5.11. The molecule has 0 aliphatic rings. The summed E-state index contributed by atoms with van der Waals surface area (Å²) in [6, 6.07) is 0.162. The number of Topliss-reactive ketones (excluding diaryl/α,β-unsaturated/α-hetero) is 1. The average Bonchev–Trinajstić information content (AvgIpc) is 1.99. The first-order valence-electron chi connectivity index (χ1n) is 4.82. The van der Waals surface area contributed by atoms with E-state index in [1.165, 1.54) is 6.92 Å². The van der Waals surface area contributed by atoms with Crippen LogP contribution < -0.4 is 5.32 Å². The Balaban J connectivity index is 4.50. The van der Waals surface area contributed by atoms with Crippen molar-refractivity contribution in [2.24, 2.45) is 0 Å². The number of hydrogen-bond acceptors (Lipinski definition) is 3. The van der Waals surface area contributed by atoms with Crippen molar-refractivity contribution in [1.82, 2.24) is 5.32 Å². The first-order valence-corrected chi connectivity index (χ1v) is 8.53. The van der Waals surface area contributed by atoms with E-state index in [0.717, 1.165) is 0 Å². The fourth-order valence-corrected chi connectivity index (χ4v) is 2.76. The lowest BCUT2D eigenvalue weighted by Crippen LogP contribution is -2.44. The van der Waals surface area contributed by atoms with Gasteiger partial charge >= 0.3 is 0 Å². The molecule has 86 valence electrons. The number of carbonyl (C=O) groups excluding carboxylic acids is 2. The summed E-state index contributed by atoms with van der Waals surface area (Å²) < 4.78 is 0. The molecule has 0 aliphatic carbocycles. The molecule has 1 amide bonds. The Bertz CT molecular complexity index is 281. The molecule has 1 atom stereocenters. The van der Waals surface area contributed by atoms with E-state index in [9.17, 15) is 9.59 Å². The van der Waals surface area contributed by atoms with Crippen LogP contribution in [0.1, 0.15) is 6.92 Å². The first kappa shape index (κ1) is 13.9. The quantitative estimate of drug-likeness (QED) is 0.426. The van der Waals surface area contributed by atoms with Crippen LogP contribution in [0.2, 0.25) is 25.7 Å². The molecule has 0 aromatic carbocycles. The van der Waals surface area contributed by atoms with Crippen molar-refractivity contribution < 1.29 is 14.7 Å². The van der Waals surface area contributed by atoms with E-state index in [1.54, 1.807) is 0 Å². The summed E-state index contributed by atoms with van der Waals surface area (Å²) in [5, 5.41) is 11.3. The molecule has 0 saturated heterocycles. The minimum absolute atomic E-state index is 0.0907. The van der Waals surface area contributed by atoms with Crippen molar-refractivity contribution in [2.45, 2.75) is 38.7 Å². The molecule has 0 saturated carbocycles. The lowest BCUT2D eigenvalue weighted by atomic mass is 10.2. The van der Waals surface area contributed by atoms with Gasteiger partial charge in [-0.15, -0.1) is 0 Å². The number of carbonyl (C=O) groups is 2. The zero-order valence-electron chi connectivity index (χ0n) is 9.76. The Morgan fingerprint density at radius 3 is 2.13 bits per heavy atom. The van der Waals surface area contributed by atoms with Crippen molar-refractivity contribution >= 4 is 19.8 Å². The minimum Gasteiger partial charge on any atom is -0.503 e. The maximum Gasteiger partial charge on any atom is 0.286 e. The van der Waals surface area contributed by atoms with E-state index in [-0.39, 0.29) is 5.78 Å². The number of aliphatic hydroxyl groups is 1. The molecule has 0 aliphatic heterocycles. The van der Waals surface area contributed by atoms with Crippen molar-refractivity contribution in [2.75, 3.05) is 0 Å². The average molecular weight is 229 g/mol. The van der Waals surface area contributed by atoms with E-state index >= 15 is 0 Å². The fraction of sp³-hybridized carbons (Fsp3) is 0.600. The van der Waals surface area contributed by atoms with Crippen LogP contribution in [-0.4, -0.2) is 30.9 Å². The summed E-state index contributed by atoms with van der Waals surface area (Å²) in [7, 11) is -1.43. The Hall–Kier alpha value is -1.10. The largest absolute Gasteiger partial charge is 0.503 e. The van der Waals surface area contributed by atoms with Gasteiger partial charge in [-0.05, 0) is 13.0 Å². The maximum atomic E-state index is 11.3. The predicted octanol–water partition coefficient (Wildman–Crippen LogP) is 1.47. The zero-order valence-corrected chi connectivity index (χ0v) is 10.8. The number of rotatable bonds is 5. The number of amides is 1. The van der Waals surface area contributed by atoms with E-state index in [1.807, 2.05) is 0 Å². The molecular weight excluding hydrogens is 210 g/mol. The molecule has 0 aromatic heterocycles. The molecule has 0 radical (unpaired) electrons. The Kier molecular flexibility index (Phi) is 4.74. The summed E-state index contributed by atoms with van der Waals surface area (Å²) in [6.07, 6.45) is 0. The second-order valence-electron chi connectivity index (χ2n) is 4.85. The molecule has 0 heterocycles. The minimum atomic E-state index is -1.43. The van der Waals surface area contributed by atoms with Crippen molar-refractivity contribution in [1.29, 1.82) is 0 Å². The van der Waals surface area contributed by atoms with Gasteiger partial charge in [-0.3, -0.25) is 9.59 Å². The Morgan fingerprint density at radius 1 is 1.40 bits per heavy atom. The van der Waals surface area contributed by atoms with Crippen LogP contribution in [0.4, 0.5) is 0 Å². The van der Waals surface area contributed by atoms with Gasteiger partial charge in [0.2, 0.25) is 0 Å². The third-order valence-electron chi connectivity index (χ3n) is 1.87. The van der Waals surface area contributed by atoms with Crippen LogP contribution in [0.3, 0.4) is 0 Å². The van der Waals surface area contributed by atoms with Gasteiger partial charge in [0.05, 0.1) is 6.04 Å². The molecular formula is C10H19NO3Si. The molecule has 0 spiro atoms. The molecule has 2 N–H and O–H groups in total. The third-order valence-corrected chi connectivity index (χ3v) is 3.51. The lowest BCUT2D eigenvalue weighted by Gasteiger charge is -2.23. The van der Waals surface area contributed by atoms with Gasteiger partial charge in [-0.1, -0.05) is 26.2 Å². The number of hydrogen-bond donors (Lipinski definition) is 2. The van der Waals surface area contributed by atoms with E-state index in [4.69, 9.17) is 5.11 Å². The highest BCUT2D eigenvalue weighted by Gasteiger charge is 2.25. The molecule has 0 aromatic rings. The van der Waals surface area contributed by atoms with Crippen LogP contribution >= 0.6 is 0 Å². The van der Waals surface area contributed by atoms with E-state index in [0.29, 0.717) is 6.04 Å². The van der Waals surface area contributed by atoms with E-state index < -0.39 is 25.8 Å². The maximum absolute atomic E-state index is 11.3. The Morgan fingerprint density at radius 2 is 1.87 bits per heavy atom. The highest BCUT2D eigenvalue weighted by Crippen LogP contribution is 2.12. The highest BCUT2D eigenvalue weighted by molar-refractivity contribution is 6.76. The molecule has 0 fully saturated rings. The Labute approximate surface area is 91.4 Å². The zero-order chi connectivity index (χ0) is 12.2. The SMILES string of the molecule is C=C(O)C(=O)NC(C[Si](C)(C)C)C(C)=O. The van der Waals surface area contributed by atoms with Gasteiger partial charge in [-0.25, -0.2) is 0 Å². The normalized spacial score (nSPS) is 13.1. The van der Waals surface area contributed by atoms with Crippen LogP contribution in [0.15, 0.2) is 12.3 Å². The smallest absolute Gasteiger partial charge is 0.286 e. The van der Waals surface area contributed by atoms with Crippen molar-refractivity contribution in [3.8, 4) is 0 Å². The lowest BCUT2D eigenvalue weighted by molar-refractivity contribution is -0.125. The molecule has 15 heavy (non-hydrogen) atoms. The summed E-state index contributed by atoms with van der Waals surface area (Å²) in [6.45, 7) is 10.9. The summed E-state index contributed by atoms with van der Waals surface area (Å²) in [5.41, 5.74) is 0. The number of nitrogens with one attached hydrogen (secondary N) is 1. The number of aliphatic hydroxyl groups excluding tert-OH is 1. The summed E-state index contributed by atoms with van der Waals surface area (Å²) in [5.74, 6) is -1.32. The van der Waals surface area contributed by atoms with Crippen LogP contribution in [0.5, 0.6) is 0 Å². The van der Waals surface area contributed by atoms with Gasteiger partial charge in [0.25, 0.3) is 5.91 Å². The molecule has 0 rings (SSSR count). The standard InChI is InChI=1S/C10H19NO3Si/c1-7(12)9(6-15(3,4)5)11-10(14)8(2)13/h9,13H,2,6H2,1,3-5H3,(H,11,14). The van der Waals surface area contributed by atoms with E-state index in [2.05, 4.69) is 31.5 Å². The number of ketones is 1. The fourth-order valence-electron chi connectivity index (χ4n) is 1.15. The van der Waals surface area contributed by atoms with Crippen molar-refractivity contribution in [3.05, 3.63) is 12.3 Å². The predicted molar refractivity (Wildman–Crippen MR) is 62.5 cm³/mol. The van der Waals surface area contributed by atoms with Gasteiger partial charge in [0.15, 0.2) is 11.5 Å². The summed E-state index contributed by atoms with van der Waals surface area (Å²) in [4.78, 5) is 22.4. The van der Waals surface area contributed by atoms with Crippen LogP contribution in [-0.2, 0) is 9.59 Å². The van der Waals surface area contributed by atoms with Crippen LogP contribution in [0.25, 0.3) is 0 Å². The van der Waals surface area contributed by atoms with Crippen molar-refractivity contribution in [3.63, 3.8) is 0 Å². The van der Waals surface area contributed by atoms with Gasteiger partial charge in [-0.2, -0.15) is 0 Å². The second-order valence-corrected chi connectivity index (χ2v) is 10.4. The first-order chi connectivity index (χ1) is 6.63. The molecule has 5 heteroatoms. The van der Waals surface area contributed by atoms with Gasteiger partial charge in [0.1, 0.15) is 0 Å². The molecule has 1 unspecified atom stereocenters. The summed E-state index contributed by atoms with van der Waals surface area (Å²) >= 11 is 0. The molecule has 4 nitrogen and oxygen atoms in total. The molecule has 0 bridgehead atoms. The van der Waals surface area contributed by atoms with Gasteiger partial charge < -0.3 is 10.4 Å². The van der Waals surface area contributed by atoms with Crippen LogP contribution in [0, 0.1) is 0 Å². The van der Waals surface area contributed by atoms with Gasteiger partial charge in [0, 0.05) is 8.07 Å². The highest BCUT2D eigenvalue weighted by atomic mass is 28.3. The third kappa shape index (κ3) is 6.06. The monoisotopic (exact) mass is 229 g/mol. The topological polar surface area (TPSA) is 66.4 Å².